The van der Waals surface area contributed by atoms with Crippen molar-refractivity contribution < 1.29 is 9.90 Å². The standard InChI is InChI=1S/C21H23N3O2/c25-14-20(16-9-10-16)24(13-15-5-2-1-3-6-15)21(26)23-19-8-4-7-18-17(19)11-12-22-18/h1-8,11-12,16,20,22,25H,9-10,13-14H2,(H,23,26). The van der Waals surface area contributed by atoms with E-state index in [1.165, 1.54) is 0 Å². The van der Waals surface area contributed by atoms with Crippen molar-refractivity contribution in [3.63, 3.8) is 0 Å². The number of carbonyl (C=O) groups excluding carboxylic acids is 1. The number of anilines is 1. The fraction of sp³-hybridized carbons (Fsp3) is 0.286. The van der Waals surface area contributed by atoms with E-state index in [1.807, 2.05) is 60.8 Å². The minimum Gasteiger partial charge on any atom is -0.394 e. The number of urea groups is 1. The molecule has 2 aromatic carbocycles. The molecule has 26 heavy (non-hydrogen) atoms. The number of hydrogen-bond acceptors (Lipinski definition) is 2. The molecule has 5 heteroatoms. The first-order valence-electron chi connectivity index (χ1n) is 9.05. The fourth-order valence-electron chi connectivity index (χ4n) is 3.48. The molecule has 0 spiro atoms. The molecule has 0 saturated heterocycles. The number of rotatable bonds is 6. The van der Waals surface area contributed by atoms with Gasteiger partial charge in [-0.2, -0.15) is 0 Å². The molecule has 0 radical (unpaired) electrons. The number of fused-ring (bicyclic) bond motifs is 1. The first-order valence-corrected chi connectivity index (χ1v) is 9.05. The van der Waals surface area contributed by atoms with Gasteiger partial charge in [0.1, 0.15) is 0 Å². The molecule has 1 heterocycles. The highest BCUT2D eigenvalue weighted by Gasteiger charge is 2.37. The number of benzene rings is 2. The molecule has 4 rings (SSSR count). The molecule has 3 N–H and O–H groups in total. The second-order valence-electron chi connectivity index (χ2n) is 6.88. The molecule has 2 amide bonds. The number of aromatic nitrogens is 1. The van der Waals surface area contributed by atoms with Gasteiger partial charge in [0, 0.05) is 23.6 Å². The molecule has 5 nitrogen and oxygen atoms in total. The quantitative estimate of drug-likeness (QED) is 0.630. The molecule has 3 aromatic rings. The largest absolute Gasteiger partial charge is 0.394 e. The van der Waals surface area contributed by atoms with Crippen LogP contribution in [0.5, 0.6) is 0 Å². The smallest absolute Gasteiger partial charge is 0.322 e. The van der Waals surface area contributed by atoms with Gasteiger partial charge in [0.25, 0.3) is 0 Å². The third-order valence-corrected chi connectivity index (χ3v) is 5.05. The Balaban J connectivity index is 1.60. The Hall–Kier alpha value is -2.79. The van der Waals surface area contributed by atoms with Crippen LogP contribution in [0.3, 0.4) is 0 Å². The molecule has 1 aliphatic rings. The van der Waals surface area contributed by atoms with Gasteiger partial charge in [0.05, 0.1) is 18.3 Å². The van der Waals surface area contributed by atoms with Crippen LogP contribution in [0.15, 0.2) is 60.8 Å². The summed E-state index contributed by atoms with van der Waals surface area (Å²) in [6, 6.07) is 17.3. The number of hydrogen-bond donors (Lipinski definition) is 3. The van der Waals surface area contributed by atoms with Crippen LogP contribution in [-0.2, 0) is 6.54 Å². The van der Waals surface area contributed by atoms with Crippen molar-refractivity contribution in [3.8, 4) is 0 Å². The van der Waals surface area contributed by atoms with E-state index in [0.717, 1.165) is 35.0 Å². The van der Waals surface area contributed by atoms with Crippen LogP contribution in [0.2, 0.25) is 0 Å². The average molecular weight is 349 g/mol. The molecular formula is C21H23N3O2. The number of aliphatic hydroxyl groups is 1. The van der Waals surface area contributed by atoms with Gasteiger partial charge in [-0.3, -0.25) is 0 Å². The number of H-pyrrole nitrogens is 1. The van der Waals surface area contributed by atoms with Crippen LogP contribution in [0.1, 0.15) is 18.4 Å². The Kier molecular flexibility index (Phi) is 4.63. The highest BCUT2D eigenvalue weighted by atomic mass is 16.3. The maximum absolute atomic E-state index is 13.1. The van der Waals surface area contributed by atoms with Crippen molar-refractivity contribution >= 4 is 22.6 Å². The zero-order valence-corrected chi connectivity index (χ0v) is 14.6. The highest BCUT2D eigenvalue weighted by Crippen LogP contribution is 2.36. The predicted octanol–water partition coefficient (Wildman–Crippen LogP) is 3.97. The van der Waals surface area contributed by atoms with Crippen molar-refractivity contribution in [2.75, 3.05) is 11.9 Å². The van der Waals surface area contributed by atoms with Gasteiger partial charge in [-0.15, -0.1) is 0 Å². The molecule has 134 valence electrons. The molecule has 0 bridgehead atoms. The summed E-state index contributed by atoms with van der Waals surface area (Å²) in [4.78, 5) is 18.0. The third kappa shape index (κ3) is 3.44. The number of amides is 2. The van der Waals surface area contributed by atoms with Crippen molar-refractivity contribution in [1.82, 2.24) is 9.88 Å². The predicted molar refractivity (Wildman–Crippen MR) is 103 cm³/mol. The lowest BCUT2D eigenvalue weighted by Crippen LogP contribution is -2.45. The Morgan fingerprint density at radius 3 is 2.69 bits per heavy atom. The van der Waals surface area contributed by atoms with Crippen LogP contribution >= 0.6 is 0 Å². The zero-order chi connectivity index (χ0) is 17.9. The minimum atomic E-state index is -0.173. The lowest BCUT2D eigenvalue weighted by Gasteiger charge is -2.31. The van der Waals surface area contributed by atoms with E-state index >= 15 is 0 Å². The molecule has 1 atom stereocenters. The molecule has 1 aliphatic carbocycles. The summed E-state index contributed by atoms with van der Waals surface area (Å²) in [5.74, 6) is 0.387. The molecule has 1 unspecified atom stereocenters. The Bertz CT molecular complexity index is 886. The van der Waals surface area contributed by atoms with E-state index in [2.05, 4.69) is 10.3 Å². The lowest BCUT2D eigenvalue weighted by molar-refractivity contribution is 0.124. The minimum absolute atomic E-state index is 0.0146. The Morgan fingerprint density at radius 2 is 1.96 bits per heavy atom. The fourth-order valence-corrected chi connectivity index (χ4v) is 3.48. The van der Waals surface area contributed by atoms with Crippen LogP contribution in [0.4, 0.5) is 10.5 Å². The van der Waals surface area contributed by atoms with E-state index in [4.69, 9.17) is 0 Å². The Labute approximate surface area is 152 Å². The van der Waals surface area contributed by atoms with E-state index in [1.54, 1.807) is 4.90 Å². The average Bonchev–Trinajstić information content (AvgIpc) is 3.38. The summed E-state index contributed by atoms with van der Waals surface area (Å²) in [6.07, 6.45) is 4.00. The molecule has 1 aromatic heterocycles. The molecule has 0 aliphatic heterocycles. The first-order chi connectivity index (χ1) is 12.8. The maximum Gasteiger partial charge on any atom is 0.322 e. The SMILES string of the molecule is O=C(Nc1cccc2[nH]ccc12)N(Cc1ccccc1)C(CO)C1CC1. The van der Waals surface area contributed by atoms with Crippen molar-refractivity contribution in [2.24, 2.45) is 5.92 Å². The molecular weight excluding hydrogens is 326 g/mol. The summed E-state index contributed by atoms with van der Waals surface area (Å²) >= 11 is 0. The van der Waals surface area contributed by atoms with E-state index in [-0.39, 0.29) is 18.7 Å². The molecule has 1 saturated carbocycles. The van der Waals surface area contributed by atoms with Crippen LogP contribution in [0.25, 0.3) is 10.9 Å². The van der Waals surface area contributed by atoms with Crippen LogP contribution in [0, 0.1) is 5.92 Å². The van der Waals surface area contributed by atoms with Gasteiger partial charge in [-0.25, -0.2) is 4.79 Å². The Morgan fingerprint density at radius 1 is 1.15 bits per heavy atom. The summed E-state index contributed by atoms with van der Waals surface area (Å²) in [5.41, 5.74) is 2.82. The van der Waals surface area contributed by atoms with Gasteiger partial charge in [-0.05, 0) is 42.5 Å². The number of aromatic amines is 1. The van der Waals surface area contributed by atoms with Gasteiger partial charge in [-0.1, -0.05) is 36.4 Å². The maximum atomic E-state index is 13.1. The summed E-state index contributed by atoms with van der Waals surface area (Å²) in [5, 5.41) is 13.9. The van der Waals surface area contributed by atoms with Crippen molar-refractivity contribution in [2.45, 2.75) is 25.4 Å². The van der Waals surface area contributed by atoms with E-state index < -0.39 is 0 Å². The van der Waals surface area contributed by atoms with Crippen molar-refractivity contribution in [3.05, 3.63) is 66.4 Å². The van der Waals surface area contributed by atoms with E-state index in [0.29, 0.717) is 12.5 Å². The highest BCUT2D eigenvalue weighted by molar-refractivity contribution is 6.00. The number of aliphatic hydroxyl groups excluding tert-OH is 1. The lowest BCUT2D eigenvalue weighted by atomic mass is 10.1. The second-order valence-corrected chi connectivity index (χ2v) is 6.88. The molecule has 1 fully saturated rings. The van der Waals surface area contributed by atoms with Crippen LogP contribution in [-0.4, -0.2) is 33.7 Å². The second kappa shape index (κ2) is 7.22. The summed E-state index contributed by atoms with van der Waals surface area (Å²) < 4.78 is 0. The first kappa shape index (κ1) is 16.7. The van der Waals surface area contributed by atoms with Gasteiger partial charge in [0.15, 0.2) is 0 Å². The van der Waals surface area contributed by atoms with Gasteiger partial charge < -0.3 is 20.3 Å². The third-order valence-electron chi connectivity index (χ3n) is 5.05. The monoisotopic (exact) mass is 349 g/mol. The van der Waals surface area contributed by atoms with Crippen molar-refractivity contribution in [1.29, 1.82) is 0 Å². The number of carbonyl (C=O) groups is 1. The summed E-state index contributed by atoms with van der Waals surface area (Å²) in [6.45, 7) is 0.469. The summed E-state index contributed by atoms with van der Waals surface area (Å²) in [7, 11) is 0. The number of nitrogens with zero attached hydrogens (tertiary/aromatic N) is 1. The zero-order valence-electron chi connectivity index (χ0n) is 14.6. The van der Waals surface area contributed by atoms with E-state index in [9.17, 15) is 9.90 Å². The number of nitrogens with one attached hydrogen (secondary N) is 2. The topological polar surface area (TPSA) is 68.4 Å². The van der Waals surface area contributed by atoms with Crippen LogP contribution < -0.4 is 5.32 Å². The van der Waals surface area contributed by atoms with Gasteiger partial charge in [0.2, 0.25) is 0 Å². The van der Waals surface area contributed by atoms with Gasteiger partial charge >= 0.3 is 6.03 Å². The normalized spacial score (nSPS) is 15.0.